The number of aryl methyl sites for hydroxylation is 2. The summed E-state index contributed by atoms with van der Waals surface area (Å²) in [6.45, 7) is 0.695. The van der Waals surface area contributed by atoms with Gasteiger partial charge in [-0.15, -0.1) is 11.3 Å². The van der Waals surface area contributed by atoms with E-state index in [1.165, 1.54) is 35.3 Å². The van der Waals surface area contributed by atoms with Gasteiger partial charge in [-0.25, -0.2) is 0 Å². The molecule has 0 spiro atoms. The van der Waals surface area contributed by atoms with Gasteiger partial charge in [0.25, 0.3) is 0 Å². The standard InChI is InChI=1S/C18H18O2S/c19-17(14-7-4-6-12-9-10-20-18(12)14)16-11-13-5-2-1-3-8-15(13)21-16/h4,6-7,11H,1-3,5,8-10H2. The van der Waals surface area contributed by atoms with Crippen molar-refractivity contribution in [1.29, 1.82) is 0 Å². The summed E-state index contributed by atoms with van der Waals surface area (Å²) < 4.78 is 5.68. The summed E-state index contributed by atoms with van der Waals surface area (Å²) in [5, 5.41) is 0. The summed E-state index contributed by atoms with van der Waals surface area (Å²) in [7, 11) is 0. The van der Waals surface area contributed by atoms with E-state index >= 15 is 0 Å². The molecular weight excluding hydrogens is 280 g/mol. The molecule has 1 aromatic heterocycles. The van der Waals surface area contributed by atoms with Gasteiger partial charge >= 0.3 is 0 Å². The molecule has 0 atom stereocenters. The third-order valence-electron chi connectivity index (χ3n) is 4.43. The molecule has 0 N–H and O–H groups in total. The Morgan fingerprint density at radius 1 is 1.05 bits per heavy atom. The van der Waals surface area contributed by atoms with Crippen molar-refractivity contribution >= 4 is 17.1 Å². The zero-order chi connectivity index (χ0) is 14.2. The Kier molecular flexibility index (Phi) is 3.30. The largest absolute Gasteiger partial charge is 0.492 e. The zero-order valence-electron chi connectivity index (χ0n) is 12.0. The first-order valence-corrected chi connectivity index (χ1v) is 8.55. The highest BCUT2D eigenvalue weighted by molar-refractivity contribution is 7.14. The first kappa shape index (κ1) is 13.1. The molecule has 21 heavy (non-hydrogen) atoms. The van der Waals surface area contributed by atoms with E-state index in [-0.39, 0.29) is 5.78 Å². The van der Waals surface area contributed by atoms with Crippen LogP contribution in [-0.2, 0) is 19.3 Å². The number of benzene rings is 1. The lowest BCUT2D eigenvalue weighted by Gasteiger charge is -2.05. The zero-order valence-corrected chi connectivity index (χ0v) is 12.8. The molecule has 2 aliphatic rings. The molecule has 0 radical (unpaired) electrons. The van der Waals surface area contributed by atoms with Crippen LogP contribution in [0.1, 0.15) is 50.5 Å². The predicted octanol–water partition coefficient (Wildman–Crippen LogP) is 4.18. The SMILES string of the molecule is O=C(c1cc2c(s1)CCCCC2)c1cccc2c1OCC2. The van der Waals surface area contributed by atoms with E-state index in [1.54, 1.807) is 11.3 Å². The minimum atomic E-state index is 0.131. The highest BCUT2D eigenvalue weighted by Crippen LogP contribution is 2.34. The average Bonchev–Trinajstić information content (AvgIpc) is 3.08. The Hall–Kier alpha value is -1.61. The third kappa shape index (κ3) is 2.30. The first-order chi connectivity index (χ1) is 10.3. The van der Waals surface area contributed by atoms with Gasteiger partial charge in [0.15, 0.2) is 0 Å². The van der Waals surface area contributed by atoms with Crippen LogP contribution in [0.2, 0.25) is 0 Å². The fraction of sp³-hybridized carbons (Fsp3) is 0.389. The molecule has 0 amide bonds. The summed E-state index contributed by atoms with van der Waals surface area (Å²) in [4.78, 5) is 15.1. The number of thiophene rings is 1. The van der Waals surface area contributed by atoms with Crippen LogP contribution in [0.3, 0.4) is 0 Å². The van der Waals surface area contributed by atoms with Gasteiger partial charge in [0.1, 0.15) is 5.75 Å². The molecule has 0 saturated carbocycles. The van der Waals surface area contributed by atoms with Crippen LogP contribution in [-0.4, -0.2) is 12.4 Å². The minimum Gasteiger partial charge on any atom is -0.492 e. The van der Waals surface area contributed by atoms with Gasteiger partial charge in [-0.05, 0) is 48.9 Å². The molecule has 4 rings (SSSR count). The third-order valence-corrected chi connectivity index (χ3v) is 5.67. The van der Waals surface area contributed by atoms with Crippen LogP contribution >= 0.6 is 11.3 Å². The fourth-order valence-electron chi connectivity index (χ4n) is 3.31. The predicted molar refractivity (Wildman–Crippen MR) is 84.7 cm³/mol. The van der Waals surface area contributed by atoms with Gasteiger partial charge in [0, 0.05) is 11.3 Å². The van der Waals surface area contributed by atoms with E-state index in [2.05, 4.69) is 12.1 Å². The lowest BCUT2D eigenvalue weighted by molar-refractivity contribution is 0.103. The van der Waals surface area contributed by atoms with Crippen LogP contribution in [0.25, 0.3) is 0 Å². The molecule has 2 heterocycles. The molecule has 2 nitrogen and oxygen atoms in total. The number of hydrogen-bond acceptors (Lipinski definition) is 3. The lowest BCUT2D eigenvalue weighted by atomic mass is 10.0. The van der Waals surface area contributed by atoms with Gasteiger partial charge in [-0.3, -0.25) is 4.79 Å². The van der Waals surface area contributed by atoms with Crippen LogP contribution in [0.4, 0.5) is 0 Å². The summed E-state index contributed by atoms with van der Waals surface area (Å²) >= 11 is 1.69. The smallest absolute Gasteiger partial charge is 0.206 e. The fourth-order valence-corrected chi connectivity index (χ4v) is 4.51. The normalized spacial score (nSPS) is 16.8. The number of carbonyl (C=O) groups is 1. The van der Waals surface area contributed by atoms with Crippen LogP contribution in [0.15, 0.2) is 24.3 Å². The maximum absolute atomic E-state index is 12.8. The maximum Gasteiger partial charge on any atom is 0.206 e. The van der Waals surface area contributed by atoms with Crippen LogP contribution in [0.5, 0.6) is 5.75 Å². The number of hydrogen-bond donors (Lipinski definition) is 0. The number of ketones is 1. The van der Waals surface area contributed by atoms with Crippen LogP contribution < -0.4 is 4.74 Å². The maximum atomic E-state index is 12.8. The molecule has 0 saturated heterocycles. The topological polar surface area (TPSA) is 26.3 Å². The second-order valence-corrected chi connectivity index (χ2v) is 6.98. The molecule has 1 aliphatic heterocycles. The Morgan fingerprint density at radius 2 is 1.95 bits per heavy atom. The molecule has 1 aromatic carbocycles. The van der Waals surface area contributed by atoms with E-state index in [4.69, 9.17) is 4.74 Å². The van der Waals surface area contributed by atoms with Gasteiger partial charge < -0.3 is 4.74 Å². The van der Waals surface area contributed by atoms with Crippen LogP contribution in [0, 0.1) is 0 Å². The highest BCUT2D eigenvalue weighted by atomic mass is 32.1. The monoisotopic (exact) mass is 298 g/mol. The molecule has 0 unspecified atom stereocenters. The van der Waals surface area contributed by atoms with Gasteiger partial charge in [-0.1, -0.05) is 18.6 Å². The van der Waals surface area contributed by atoms with E-state index in [9.17, 15) is 4.79 Å². The number of carbonyl (C=O) groups excluding carboxylic acids is 1. The number of fused-ring (bicyclic) bond motifs is 2. The van der Waals surface area contributed by atoms with Crippen molar-refractivity contribution < 1.29 is 9.53 Å². The Balaban J connectivity index is 1.71. The number of ether oxygens (including phenoxy) is 1. The van der Waals surface area contributed by atoms with Crippen molar-refractivity contribution in [2.75, 3.05) is 6.61 Å². The molecule has 1 aliphatic carbocycles. The van der Waals surface area contributed by atoms with Crippen molar-refractivity contribution in [3.8, 4) is 5.75 Å². The summed E-state index contributed by atoms with van der Waals surface area (Å²) in [5.41, 5.74) is 3.30. The van der Waals surface area contributed by atoms with Gasteiger partial charge in [-0.2, -0.15) is 0 Å². The quantitative estimate of drug-likeness (QED) is 0.614. The Labute approximate surface area is 128 Å². The van der Waals surface area contributed by atoms with Crippen molar-refractivity contribution in [3.63, 3.8) is 0 Å². The minimum absolute atomic E-state index is 0.131. The van der Waals surface area contributed by atoms with E-state index in [0.717, 1.165) is 35.5 Å². The average molecular weight is 298 g/mol. The molecule has 108 valence electrons. The van der Waals surface area contributed by atoms with E-state index in [1.807, 2.05) is 12.1 Å². The second-order valence-electron chi connectivity index (χ2n) is 5.84. The number of para-hydroxylation sites is 1. The Morgan fingerprint density at radius 3 is 2.90 bits per heavy atom. The molecular formula is C18H18O2S. The number of rotatable bonds is 2. The second kappa shape index (κ2) is 5.30. The molecule has 3 heteroatoms. The lowest BCUT2D eigenvalue weighted by Crippen LogP contribution is -2.01. The van der Waals surface area contributed by atoms with Crippen molar-refractivity contribution in [3.05, 3.63) is 50.7 Å². The van der Waals surface area contributed by atoms with Crippen molar-refractivity contribution in [1.82, 2.24) is 0 Å². The van der Waals surface area contributed by atoms with Crippen molar-refractivity contribution in [2.45, 2.75) is 38.5 Å². The van der Waals surface area contributed by atoms with E-state index < -0.39 is 0 Å². The highest BCUT2D eigenvalue weighted by Gasteiger charge is 2.23. The van der Waals surface area contributed by atoms with E-state index in [0.29, 0.717) is 6.61 Å². The Bertz CT molecular complexity index is 676. The summed E-state index contributed by atoms with van der Waals surface area (Å²) in [6, 6.07) is 8.06. The summed E-state index contributed by atoms with van der Waals surface area (Å²) in [5.74, 6) is 0.943. The molecule has 0 fully saturated rings. The summed E-state index contributed by atoms with van der Waals surface area (Å²) in [6.07, 6.45) is 6.99. The molecule has 2 aromatic rings. The first-order valence-electron chi connectivity index (χ1n) is 7.74. The molecule has 0 bridgehead atoms. The van der Waals surface area contributed by atoms with Gasteiger partial charge in [0.2, 0.25) is 5.78 Å². The van der Waals surface area contributed by atoms with Gasteiger partial charge in [0.05, 0.1) is 17.0 Å². The van der Waals surface area contributed by atoms with Crippen molar-refractivity contribution in [2.24, 2.45) is 0 Å².